The fourth-order valence-corrected chi connectivity index (χ4v) is 3.65. The monoisotopic (exact) mass is 337 g/mol. The van der Waals surface area contributed by atoms with E-state index < -0.39 is 0 Å². The van der Waals surface area contributed by atoms with Crippen LogP contribution in [0.4, 0.5) is 0 Å². The number of unbranched alkanes of at least 4 members (excludes halogenated alkanes) is 4. The lowest BCUT2D eigenvalue weighted by Crippen LogP contribution is -2.41. The number of nitrogens with zero attached hydrogens (tertiary/aromatic N) is 1. The molecule has 2 unspecified atom stereocenters. The van der Waals surface area contributed by atoms with E-state index in [1.807, 2.05) is 6.08 Å². The molecule has 0 N–H and O–H groups in total. The Bertz CT molecular complexity index is 348. The fraction of sp³-hybridized carbons (Fsp3) is 0.864. The fourth-order valence-electron chi connectivity index (χ4n) is 3.65. The minimum atomic E-state index is -0.209. The summed E-state index contributed by atoms with van der Waals surface area (Å²) in [6, 6.07) is 0. The van der Waals surface area contributed by atoms with E-state index in [1.165, 1.54) is 44.9 Å². The summed E-state index contributed by atoms with van der Waals surface area (Å²) in [4.78, 5) is 15.3. The molecule has 24 heavy (non-hydrogen) atoms. The second-order valence-corrected chi connectivity index (χ2v) is 7.75. The molecule has 2 atom stereocenters. The molecular formula is C22H43NO. The molecule has 0 aliphatic carbocycles. The van der Waals surface area contributed by atoms with Crippen LogP contribution < -0.4 is 0 Å². The number of hydrogen-bond acceptors (Lipinski definition) is 2. The Hall–Kier alpha value is -0.630. The third kappa shape index (κ3) is 9.01. The quantitative estimate of drug-likeness (QED) is 0.260. The first-order valence-electron chi connectivity index (χ1n) is 10.3. The Labute approximate surface area is 152 Å². The molecule has 0 rings (SSSR count). The molecule has 0 spiro atoms. The minimum Gasteiger partial charge on any atom is -0.308 e. The lowest BCUT2D eigenvalue weighted by atomic mass is 9.71. The number of ketones is 1. The van der Waals surface area contributed by atoms with Gasteiger partial charge >= 0.3 is 0 Å². The van der Waals surface area contributed by atoms with Gasteiger partial charge in [0.05, 0.1) is 0 Å². The molecule has 0 amide bonds. The van der Waals surface area contributed by atoms with Crippen molar-refractivity contribution in [2.24, 2.45) is 11.3 Å². The number of carbonyl (C=O) groups excluding carboxylic acids is 1. The number of hydrogen-bond donors (Lipinski definition) is 0. The molecule has 2 nitrogen and oxygen atoms in total. The molecule has 0 aliphatic rings. The summed E-state index contributed by atoms with van der Waals surface area (Å²) < 4.78 is 0. The molecule has 0 radical (unpaired) electrons. The van der Waals surface area contributed by atoms with Crippen LogP contribution in [-0.4, -0.2) is 31.3 Å². The van der Waals surface area contributed by atoms with Gasteiger partial charge in [0.15, 0.2) is 5.78 Å². The average molecular weight is 338 g/mol. The highest BCUT2D eigenvalue weighted by Gasteiger charge is 2.37. The van der Waals surface area contributed by atoms with Crippen LogP contribution in [0.2, 0.25) is 0 Å². The van der Waals surface area contributed by atoms with Gasteiger partial charge in [-0.1, -0.05) is 72.3 Å². The Kier molecular flexibility index (Phi) is 13.3. The van der Waals surface area contributed by atoms with E-state index in [0.717, 1.165) is 25.8 Å². The Morgan fingerprint density at radius 3 is 2.21 bits per heavy atom. The first-order valence-corrected chi connectivity index (χ1v) is 10.3. The van der Waals surface area contributed by atoms with Crippen molar-refractivity contribution in [3.8, 4) is 0 Å². The van der Waals surface area contributed by atoms with Crippen molar-refractivity contribution in [2.45, 2.75) is 91.9 Å². The molecule has 0 heterocycles. The van der Waals surface area contributed by atoms with Crippen LogP contribution in [-0.2, 0) is 4.79 Å². The first kappa shape index (κ1) is 23.4. The molecule has 2 heteroatoms. The number of rotatable bonds is 15. The second kappa shape index (κ2) is 13.6. The second-order valence-electron chi connectivity index (χ2n) is 7.75. The number of carbonyl (C=O) groups is 1. The van der Waals surface area contributed by atoms with Gasteiger partial charge in [-0.25, -0.2) is 0 Å². The van der Waals surface area contributed by atoms with Crippen molar-refractivity contribution >= 4 is 5.78 Å². The Morgan fingerprint density at radius 1 is 1.04 bits per heavy atom. The van der Waals surface area contributed by atoms with E-state index >= 15 is 0 Å². The highest BCUT2D eigenvalue weighted by molar-refractivity contribution is 5.95. The maximum atomic E-state index is 13.1. The molecule has 0 fully saturated rings. The summed E-state index contributed by atoms with van der Waals surface area (Å²) in [5, 5.41) is 0. The molecule has 142 valence electrons. The van der Waals surface area contributed by atoms with Gasteiger partial charge in [-0.2, -0.15) is 0 Å². The zero-order valence-corrected chi connectivity index (χ0v) is 17.4. The summed E-state index contributed by atoms with van der Waals surface area (Å²) in [5.41, 5.74) is -0.209. The van der Waals surface area contributed by atoms with Crippen molar-refractivity contribution in [3.05, 3.63) is 12.2 Å². The first-order chi connectivity index (χ1) is 11.5. The summed E-state index contributed by atoms with van der Waals surface area (Å²) in [7, 11) is 4.19. The smallest absolute Gasteiger partial charge is 0.162 e. The van der Waals surface area contributed by atoms with Crippen molar-refractivity contribution < 1.29 is 4.79 Å². The van der Waals surface area contributed by atoms with Crippen molar-refractivity contribution in [3.63, 3.8) is 0 Å². The molecule has 0 aromatic heterocycles. The third-order valence-electron chi connectivity index (χ3n) is 5.28. The molecule has 0 saturated heterocycles. The van der Waals surface area contributed by atoms with Gasteiger partial charge in [-0.15, -0.1) is 0 Å². The molecule has 0 aromatic carbocycles. The lowest BCUT2D eigenvalue weighted by molar-refractivity contribution is -0.126. The normalized spacial score (nSPS) is 15.8. The third-order valence-corrected chi connectivity index (χ3v) is 5.28. The maximum Gasteiger partial charge on any atom is 0.162 e. The van der Waals surface area contributed by atoms with Crippen LogP contribution in [0.15, 0.2) is 12.2 Å². The SMILES string of the molecule is CCCCCC=CC(=O)C(CC)(CC(CC)CCCC)CN(C)C. The Morgan fingerprint density at radius 2 is 1.71 bits per heavy atom. The highest BCUT2D eigenvalue weighted by atomic mass is 16.1. The molecular weight excluding hydrogens is 294 g/mol. The van der Waals surface area contributed by atoms with Crippen molar-refractivity contribution in [1.82, 2.24) is 4.90 Å². The van der Waals surface area contributed by atoms with Gasteiger partial charge in [-0.05, 0) is 51.8 Å². The van der Waals surface area contributed by atoms with Gasteiger partial charge < -0.3 is 4.90 Å². The van der Waals surface area contributed by atoms with Gasteiger partial charge in [-0.3, -0.25) is 4.79 Å². The predicted octanol–water partition coefficient (Wildman–Crippen LogP) is 6.26. The van der Waals surface area contributed by atoms with E-state index in [2.05, 4.69) is 52.8 Å². The largest absolute Gasteiger partial charge is 0.308 e. The molecule has 0 aliphatic heterocycles. The molecule has 0 saturated carbocycles. The summed E-state index contributed by atoms with van der Waals surface area (Å²) >= 11 is 0. The van der Waals surface area contributed by atoms with Gasteiger partial charge in [0, 0.05) is 12.0 Å². The van der Waals surface area contributed by atoms with Crippen molar-refractivity contribution in [2.75, 3.05) is 20.6 Å². The van der Waals surface area contributed by atoms with Crippen molar-refractivity contribution in [1.29, 1.82) is 0 Å². The van der Waals surface area contributed by atoms with Crippen LogP contribution in [0, 0.1) is 11.3 Å². The molecule has 0 aromatic rings. The maximum absolute atomic E-state index is 13.1. The predicted molar refractivity (Wildman–Crippen MR) is 107 cm³/mol. The zero-order valence-electron chi connectivity index (χ0n) is 17.4. The summed E-state index contributed by atoms with van der Waals surface area (Å²) in [5.74, 6) is 1.02. The standard InChI is InChI=1S/C22H43NO/c1-7-11-13-14-15-17-21(24)22(10-4,19-23(5)6)18-20(9-3)16-12-8-2/h15,17,20H,7-14,16,18-19H2,1-6H3. The number of allylic oxidation sites excluding steroid dienone is 2. The van der Waals surface area contributed by atoms with E-state index in [4.69, 9.17) is 0 Å². The summed E-state index contributed by atoms with van der Waals surface area (Å²) in [6.07, 6.45) is 15.7. The van der Waals surface area contributed by atoms with Gasteiger partial charge in [0.1, 0.15) is 0 Å². The lowest BCUT2D eigenvalue weighted by Gasteiger charge is -2.36. The summed E-state index contributed by atoms with van der Waals surface area (Å²) in [6.45, 7) is 9.81. The highest BCUT2D eigenvalue weighted by Crippen LogP contribution is 2.36. The van der Waals surface area contributed by atoms with Crippen LogP contribution in [0.25, 0.3) is 0 Å². The van der Waals surface area contributed by atoms with Gasteiger partial charge in [0.2, 0.25) is 0 Å². The molecule has 0 bridgehead atoms. The van der Waals surface area contributed by atoms with E-state index in [1.54, 1.807) is 0 Å². The van der Waals surface area contributed by atoms with Crippen LogP contribution in [0.1, 0.15) is 91.9 Å². The van der Waals surface area contributed by atoms with Crippen LogP contribution >= 0.6 is 0 Å². The van der Waals surface area contributed by atoms with Gasteiger partial charge in [0.25, 0.3) is 0 Å². The topological polar surface area (TPSA) is 20.3 Å². The Balaban J connectivity index is 5.05. The van der Waals surface area contributed by atoms with E-state index in [0.29, 0.717) is 11.7 Å². The van der Waals surface area contributed by atoms with E-state index in [9.17, 15) is 4.79 Å². The van der Waals surface area contributed by atoms with E-state index in [-0.39, 0.29) is 5.41 Å². The van der Waals surface area contributed by atoms with Crippen LogP contribution in [0.3, 0.4) is 0 Å². The average Bonchev–Trinajstić information content (AvgIpc) is 2.56. The minimum absolute atomic E-state index is 0.209. The van der Waals surface area contributed by atoms with Crippen LogP contribution in [0.5, 0.6) is 0 Å². The zero-order chi connectivity index (χ0) is 18.4.